The predicted molar refractivity (Wildman–Crippen MR) is 223 cm³/mol. The number of nitrogens with zero attached hydrogens (tertiary/aromatic N) is 4. The Labute approximate surface area is 347 Å². The Morgan fingerprint density at radius 1 is 0.895 bits per heavy atom. The van der Waals surface area contributed by atoms with Gasteiger partial charge in [-0.1, -0.05) is 82.4 Å². The molecule has 0 saturated carbocycles. The Kier molecular flexibility index (Phi) is 15.1. The maximum absolute atomic E-state index is 13.5. The summed E-state index contributed by atoms with van der Waals surface area (Å²) in [5.41, 5.74) is 9.23. The molecule has 0 fully saturated rings. The van der Waals surface area contributed by atoms with E-state index in [0.29, 0.717) is 46.3 Å². The zero-order valence-corrected chi connectivity index (χ0v) is 35.3. The van der Waals surface area contributed by atoms with E-state index in [9.17, 15) is 19.8 Å². The Morgan fingerprint density at radius 3 is 2.33 bits per heavy atom. The molecule has 10 heteroatoms. The number of unbranched alkanes of at least 4 members (excludes halogenated alkanes) is 6. The number of aliphatic carboxylic acids is 1. The van der Waals surface area contributed by atoms with Gasteiger partial charge in [-0.3, -0.25) is 14.6 Å². The summed E-state index contributed by atoms with van der Waals surface area (Å²) in [6.07, 6.45) is 25.9. The molecule has 5 aliphatic rings. The molecule has 4 aliphatic heterocycles. The number of allylic oxidation sites excluding steroid dienone is 10. The van der Waals surface area contributed by atoms with Crippen molar-refractivity contribution in [2.75, 3.05) is 0 Å². The Hall–Kier alpha value is -4.56. The van der Waals surface area contributed by atoms with Crippen LogP contribution >= 0.6 is 0 Å². The van der Waals surface area contributed by atoms with Crippen LogP contribution in [0.5, 0.6) is 0 Å². The molecule has 1 aromatic heterocycles. The third-order valence-electron chi connectivity index (χ3n) is 11.6. The molecule has 1 aromatic rings. The molecular formula is C47H56N4NiO5. The average Bonchev–Trinajstić information content (AvgIpc) is 3.92. The topological polar surface area (TPSA) is 138 Å². The first kappa shape index (κ1) is 43.6. The molecule has 6 rings (SSSR count). The first-order valence-electron chi connectivity index (χ1n) is 20.6. The molecule has 304 valence electrons. The third kappa shape index (κ3) is 9.77. The van der Waals surface area contributed by atoms with E-state index in [1.165, 1.54) is 6.42 Å². The number of fused-ring (bicyclic) bond motifs is 5. The van der Waals surface area contributed by atoms with E-state index in [4.69, 9.17) is 24.7 Å². The van der Waals surface area contributed by atoms with Crippen molar-refractivity contribution in [1.82, 2.24) is 4.98 Å². The minimum Gasteiger partial charge on any atom is -0.875 e. The first-order valence-corrected chi connectivity index (χ1v) is 20.6. The van der Waals surface area contributed by atoms with Crippen molar-refractivity contribution < 1.29 is 41.0 Å². The van der Waals surface area contributed by atoms with E-state index in [0.717, 1.165) is 108 Å². The Bertz CT molecular complexity index is 2220. The van der Waals surface area contributed by atoms with Gasteiger partial charge in [-0.25, -0.2) is 9.98 Å². The van der Waals surface area contributed by atoms with Gasteiger partial charge < -0.3 is 19.9 Å². The van der Waals surface area contributed by atoms with Crippen LogP contribution in [0.2, 0.25) is 0 Å². The Balaban J connectivity index is 0.00000620. The monoisotopic (exact) mass is 814 g/mol. The average molecular weight is 816 g/mol. The number of ether oxygens (including phenoxy) is 1. The van der Waals surface area contributed by atoms with E-state index in [1.54, 1.807) is 0 Å². The number of aliphatic imine (C=N–C) groups is 3. The van der Waals surface area contributed by atoms with Gasteiger partial charge in [0.2, 0.25) is 0 Å². The predicted octanol–water partition coefficient (Wildman–Crippen LogP) is 8.15. The molecule has 2 atom stereocenters. The zero-order valence-electron chi connectivity index (χ0n) is 34.3. The minimum atomic E-state index is -0.877. The molecule has 0 aromatic carbocycles. The number of carbonyl (C=O) groups excluding carboxylic acids is 1. The van der Waals surface area contributed by atoms with Crippen molar-refractivity contribution in [2.24, 2.45) is 26.8 Å². The van der Waals surface area contributed by atoms with E-state index in [2.05, 4.69) is 38.2 Å². The number of aromatic nitrogens is 1. The zero-order chi connectivity index (χ0) is 39.9. The van der Waals surface area contributed by atoms with E-state index in [-0.39, 0.29) is 52.9 Å². The second-order valence-electron chi connectivity index (χ2n) is 15.5. The number of carboxylic acids is 1. The molecule has 8 bridgehead atoms. The molecular weight excluding hydrogens is 759 g/mol. The van der Waals surface area contributed by atoms with Gasteiger partial charge in [0.15, 0.2) is 5.76 Å². The van der Waals surface area contributed by atoms with Gasteiger partial charge in [0.05, 0.1) is 17.1 Å². The fourth-order valence-electron chi connectivity index (χ4n) is 8.27. The summed E-state index contributed by atoms with van der Waals surface area (Å²) in [5, 5.41) is 24.4. The van der Waals surface area contributed by atoms with Gasteiger partial charge in [-0.2, -0.15) is 0 Å². The molecule has 0 spiro atoms. The molecule has 0 amide bonds. The van der Waals surface area contributed by atoms with Crippen LogP contribution in [0.15, 0.2) is 91.0 Å². The van der Waals surface area contributed by atoms with Crippen LogP contribution in [0.25, 0.3) is 17.4 Å². The molecule has 0 saturated heterocycles. The standard InChI is InChI=1S/C47H58N4O5.Ni/c1-7-9-10-11-12-13-14-15-16-17-18-19-20-21-43(55)56-47-31(6)38-25-36-29(4)33(22-23-42(53)54)45(50-36)34-24-41(52)44-30(5)37(51-46(34)44)26-39-32(8-2)28(3)35(48-39)27-40(47)49-38;/h10-11,13-14,25-27,29,33H,7-9,12,15-24H2,1-6H3,(H3,48,49,50,51,52,53,54);/q;+2/p-2/b11-10+,14-13+;/t29-,33-;/m0./s1. The van der Waals surface area contributed by atoms with E-state index >= 15 is 0 Å². The van der Waals surface area contributed by atoms with Gasteiger partial charge in [0.1, 0.15) is 5.70 Å². The fraction of sp³-hybridized carbons (Fsp3) is 0.468. The number of esters is 1. The van der Waals surface area contributed by atoms with Gasteiger partial charge >= 0.3 is 28.4 Å². The summed E-state index contributed by atoms with van der Waals surface area (Å²) in [6, 6.07) is 0. The molecule has 0 unspecified atom stereocenters. The molecule has 9 nitrogen and oxygen atoms in total. The van der Waals surface area contributed by atoms with Crippen molar-refractivity contribution >= 4 is 46.5 Å². The van der Waals surface area contributed by atoms with Crippen LogP contribution in [-0.2, 0) is 30.8 Å². The van der Waals surface area contributed by atoms with Crippen LogP contribution in [0.4, 0.5) is 0 Å². The van der Waals surface area contributed by atoms with Crippen LogP contribution in [0.1, 0.15) is 136 Å². The van der Waals surface area contributed by atoms with E-state index in [1.807, 2.05) is 45.9 Å². The Morgan fingerprint density at radius 2 is 1.60 bits per heavy atom. The van der Waals surface area contributed by atoms with Crippen LogP contribution in [-0.4, -0.2) is 34.2 Å². The van der Waals surface area contributed by atoms with Crippen molar-refractivity contribution in [2.45, 2.75) is 131 Å². The van der Waals surface area contributed by atoms with Gasteiger partial charge in [-0.15, -0.1) is 16.8 Å². The summed E-state index contributed by atoms with van der Waals surface area (Å²) >= 11 is 0. The third-order valence-corrected chi connectivity index (χ3v) is 11.6. The summed E-state index contributed by atoms with van der Waals surface area (Å²) < 4.78 is 6.14. The summed E-state index contributed by atoms with van der Waals surface area (Å²) in [6.45, 7) is 12.2. The number of hydrogen-bond donors (Lipinski definition) is 1. The smallest absolute Gasteiger partial charge is 0.875 e. The van der Waals surface area contributed by atoms with Gasteiger partial charge in [0, 0.05) is 41.7 Å². The van der Waals surface area contributed by atoms with Gasteiger partial charge in [-0.05, 0) is 106 Å². The van der Waals surface area contributed by atoms with Crippen LogP contribution < -0.4 is 20.7 Å². The van der Waals surface area contributed by atoms with Crippen molar-refractivity contribution in [3.8, 4) is 0 Å². The van der Waals surface area contributed by atoms with Gasteiger partial charge in [0.25, 0.3) is 0 Å². The van der Waals surface area contributed by atoms with Crippen LogP contribution in [0.3, 0.4) is 0 Å². The number of carbonyl (C=O) groups is 2. The van der Waals surface area contributed by atoms with Crippen molar-refractivity contribution in [1.29, 1.82) is 0 Å². The normalized spacial score (nSPS) is 20.0. The quantitative estimate of drug-likeness (QED) is 0.0730. The van der Waals surface area contributed by atoms with E-state index < -0.39 is 5.97 Å². The number of carboxylic acid groups (broad SMARTS) is 1. The summed E-state index contributed by atoms with van der Waals surface area (Å²) in [4.78, 5) is 45.4. The second-order valence-corrected chi connectivity index (χ2v) is 15.5. The maximum Gasteiger partial charge on any atom is 2.00 e. The number of hydrogen-bond acceptors (Lipinski definition) is 7. The van der Waals surface area contributed by atoms with Crippen molar-refractivity contribution in [3.63, 3.8) is 0 Å². The first-order chi connectivity index (χ1) is 27.0. The molecule has 1 N–H and O–H groups in total. The fourth-order valence-corrected chi connectivity index (χ4v) is 8.27. The second kappa shape index (κ2) is 19.7. The van der Waals surface area contributed by atoms with Crippen LogP contribution in [0, 0.1) is 18.8 Å². The molecule has 1 aliphatic carbocycles. The minimum absolute atomic E-state index is 0. The largest absolute Gasteiger partial charge is 2.00 e. The number of rotatable bonds is 17. The molecule has 5 heterocycles. The molecule has 0 radical (unpaired) electrons. The summed E-state index contributed by atoms with van der Waals surface area (Å²) in [7, 11) is 0. The summed E-state index contributed by atoms with van der Waals surface area (Å²) in [5.74, 6) is -1.10. The maximum atomic E-state index is 13.5. The molecule has 57 heavy (non-hydrogen) atoms. The van der Waals surface area contributed by atoms with Crippen molar-refractivity contribution in [3.05, 3.63) is 97.9 Å². The SMILES string of the molecule is CCC/C=C/C/C=C/CCCCCCCC(=O)OC1=C(C)C2=NC1=CC1=NC(=Cc3[n-]c4c(c3C)=C([O-])CC=4C3=NC(=C2)[C@@H](C)[C@@H]3CCC(=O)O)C(CC)=C1C.[Ni+2].